The highest BCUT2D eigenvalue weighted by Gasteiger charge is 2.11. The van der Waals surface area contributed by atoms with E-state index in [-0.39, 0.29) is 0 Å². The van der Waals surface area contributed by atoms with Crippen LogP contribution in [0.2, 0.25) is 0 Å². The Labute approximate surface area is 189 Å². The summed E-state index contributed by atoms with van der Waals surface area (Å²) in [7, 11) is 2.17. The summed E-state index contributed by atoms with van der Waals surface area (Å²) >= 11 is 0. The van der Waals surface area contributed by atoms with Crippen LogP contribution in [0.5, 0.6) is 0 Å². The number of rotatable bonds is 3. The molecule has 1 nitrogen and oxygen atoms in total. The molecule has 6 aromatic rings. The van der Waals surface area contributed by atoms with Gasteiger partial charge in [-0.15, -0.1) is 0 Å². The van der Waals surface area contributed by atoms with E-state index in [0.717, 1.165) is 0 Å². The SMILES string of the molecule is Bc1cc(-c2ccccc2)cc(-c2ccc(-n3c4ccccc4c4ccccc43)cc2)c1. The molecule has 0 unspecified atom stereocenters. The highest BCUT2D eigenvalue weighted by molar-refractivity contribution is 6.33. The summed E-state index contributed by atoms with van der Waals surface area (Å²) in [6.07, 6.45) is 0. The maximum absolute atomic E-state index is 2.36. The third-order valence-corrected chi connectivity index (χ3v) is 6.22. The lowest BCUT2D eigenvalue weighted by molar-refractivity contribution is 1.18. The largest absolute Gasteiger partial charge is 0.309 e. The van der Waals surface area contributed by atoms with Gasteiger partial charge in [0.15, 0.2) is 0 Å². The van der Waals surface area contributed by atoms with E-state index in [2.05, 4.69) is 134 Å². The molecule has 6 rings (SSSR count). The van der Waals surface area contributed by atoms with Crippen molar-refractivity contribution in [2.24, 2.45) is 0 Å². The van der Waals surface area contributed by atoms with Crippen LogP contribution in [0.1, 0.15) is 0 Å². The first-order valence-electron chi connectivity index (χ1n) is 11.0. The molecule has 32 heavy (non-hydrogen) atoms. The van der Waals surface area contributed by atoms with Crippen molar-refractivity contribution in [3.63, 3.8) is 0 Å². The maximum atomic E-state index is 2.36. The average Bonchev–Trinajstić information content (AvgIpc) is 3.19. The molecule has 0 amide bonds. The fourth-order valence-corrected chi connectivity index (χ4v) is 4.75. The van der Waals surface area contributed by atoms with Crippen molar-refractivity contribution in [1.82, 2.24) is 4.57 Å². The van der Waals surface area contributed by atoms with Crippen LogP contribution in [0, 0.1) is 0 Å². The molecule has 0 radical (unpaired) electrons. The quantitative estimate of drug-likeness (QED) is 0.300. The van der Waals surface area contributed by atoms with E-state index < -0.39 is 0 Å². The molecule has 0 spiro atoms. The standard InChI is InChI=1S/C30H22BN/c31-25-19-23(21-8-2-1-3-9-21)18-24(20-25)22-14-16-26(17-15-22)32-29-12-6-4-10-27(29)28-11-5-7-13-30(28)32/h1-20H,31H2. The second-order valence-corrected chi connectivity index (χ2v) is 8.37. The van der Waals surface area contributed by atoms with E-state index in [4.69, 9.17) is 0 Å². The molecule has 2 heteroatoms. The second-order valence-electron chi connectivity index (χ2n) is 8.37. The number of aromatic nitrogens is 1. The number of fused-ring (bicyclic) bond motifs is 3. The second kappa shape index (κ2) is 7.58. The minimum atomic E-state index is 1.18. The Morgan fingerprint density at radius 2 is 0.938 bits per heavy atom. The van der Waals surface area contributed by atoms with Crippen molar-refractivity contribution in [2.45, 2.75) is 0 Å². The molecule has 0 saturated heterocycles. The summed E-state index contributed by atoms with van der Waals surface area (Å²) in [6, 6.07) is 43.6. The van der Waals surface area contributed by atoms with E-state index in [1.807, 2.05) is 0 Å². The third-order valence-electron chi connectivity index (χ3n) is 6.22. The Kier molecular flexibility index (Phi) is 4.43. The highest BCUT2D eigenvalue weighted by atomic mass is 15.0. The minimum Gasteiger partial charge on any atom is -0.309 e. The van der Waals surface area contributed by atoms with Crippen LogP contribution < -0.4 is 5.46 Å². The molecular weight excluding hydrogens is 385 g/mol. The van der Waals surface area contributed by atoms with E-state index in [9.17, 15) is 0 Å². The average molecular weight is 407 g/mol. The van der Waals surface area contributed by atoms with Gasteiger partial charge in [-0.1, -0.05) is 96.5 Å². The number of benzene rings is 5. The van der Waals surface area contributed by atoms with Gasteiger partial charge >= 0.3 is 0 Å². The van der Waals surface area contributed by atoms with Crippen LogP contribution in [0.25, 0.3) is 49.7 Å². The smallest absolute Gasteiger partial charge is 0.139 e. The Bertz CT molecular complexity index is 1510. The van der Waals surface area contributed by atoms with Crippen molar-refractivity contribution in [3.05, 3.63) is 121 Å². The van der Waals surface area contributed by atoms with E-state index in [1.165, 1.54) is 55.2 Å². The van der Waals surface area contributed by atoms with Gasteiger partial charge in [-0.2, -0.15) is 0 Å². The predicted octanol–water partition coefficient (Wildman–Crippen LogP) is 6.38. The Balaban J connectivity index is 1.46. The molecule has 0 N–H and O–H groups in total. The molecule has 0 fully saturated rings. The number of para-hydroxylation sites is 2. The van der Waals surface area contributed by atoms with Crippen LogP contribution in [0.15, 0.2) is 121 Å². The molecule has 0 aliphatic heterocycles. The highest BCUT2D eigenvalue weighted by Crippen LogP contribution is 2.33. The summed E-state index contributed by atoms with van der Waals surface area (Å²) in [5.41, 5.74) is 9.92. The van der Waals surface area contributed by atoms with Crippen LogP contribution >= 0.6 is 0 Å². The first kappa shape index (κ1) is 18.7. The molecule has 0 aliphatic carbocycles. The van der Waals surface area contributed by atoms with Gasteiger partial charge in [0.2, 0.25) is 0 Å². The van der Waals surface area contributed by atoms with Gasteiger partial charge in [-0.05, 0) is 52.6 Å². The van der Waals surface area contributed by atoms with Crippen molar-refractivity contribution in [1.29, 1.82) is 0 Å². The molecule has 1 heterocycles. The van der Waals surface area contributed by atoms with Crippen molar-refractivity contribution in [2.75, 3.05) is 0 Å². The molecule has 1 aromatic heterocycles. The van der Waals surface area contributed by atoms with Gasteiger partial charge in [0.25, 0.3) is 0 Å². The van der Waals surface area contributed by atoms with Gasteiger partial charge < -0.3 is 4.57 Å². The molecule has 5 aromatic carbocycles. The van der Waals surface area contributed by atoms with Crippen molar-refractivity contribution in [3.8, 4) is 27.9 Å². The zero-order valence-corrected chi connectivity index (χ0v) is 18.0. The van der Waals surface area contributed by atoms with Crippen LogP contribution in [0.4, 0.5) is 0 Å². The Morgan fingerprint density at radius 1 is 0.438 bits per heavy atom. The lowest BCUT2D eigenvalue weighted by Crippen LogP contribution is -2.02. The molecule has 150 valence electrons. The normalized spacial score (nSPS) is 11.2. The van der Waals surface area contributed by atoms with E-state index in [0.29, 0.717) is 0 Å². The monoisotopic (exact) mass is 407 g/mol. The van der Waals surface area contributed by atoms with Gasteiger partial charge in [-0.25, -0.2) is 0 Å². The molecule has 0 aliphatic rings. The number of hydrogen-bond acceptors (Lipinski definition) is 0. The van der Waals surface area contributed by atoms with Gasteiger partial charge in [-0.3, -0.25) is 0 Å². The van der Waals surface area contributed by atoms with Crippen LogP contribution in [-0.4, -0.2) is 12.4 Å². The lowest BCUT2D eigenvalue weighted by Gasteiger charge is -2.11. The first-order valence-corrected chi connectivity index (χ1v) is 11.0. The first-order chi connectivity index (χ1) is 15.8. The molecule has 0 saturated carbocycles. The zero-order valence-electron chi connectivity index (χ0n) is 18.0. The fraction of sp³-hybridized carbons (Fsp3) is 0. The van der Waals surface area contributed by atoms with Gasteiger partial charge in [0.1, 0.15) is 7.85 Å². The number of hydrogen-bond donors (Lipinski definition) is 0. The Hall–Kier alpha value is -4.04. The topological polar surface area (TPSA) is 4.93 Å². The number of nitrogens with zero attached hydrogens (tertiary/aromatic N) is 1. The van der Waals surface area contributed by atoms with Gasteiger partial charge in [0.05, 0.1) is 11.0 Å². The summed E-state index contributed by atoms with van der Waals surface area (Å²) in [4.78, 5) is 0. The van der Waals surface area contributed by atoms with Crippen LogP contribution in [0.3, 0.4) is 0 Å². The lowest BCUT2D eigenvalue weighted by atomic mass is 9.88. The predicted molar refractivity (Wildman–Crippen MR) is 140 cm³/mol. The molecule has 0 bridgehead atoms. The van der Waals surface area contributed by atoms with E-state index in [1.54, 1.807) is 0 Å². The summed E-state index contributed by atoms with van der Waals surface area (Å²) in [5.74, 6) is 0. The Morgan fingerprint density at radius 3 is 1.53 bits per heavy atom. The maximum Gasteiger partial charge on any atom is 0.139 e. The van der Waals surface area contributed by atoms with Crippen LogP contribution in [-0.2, 0) is 0 Å². The zero-order chi connectivity index (χ0) is 21.5. The molecule has 0 atom stereocenters. The van der Waals surface area contributed by atoms with Crippen molar-refractivity contribution < 1.29 is 0 Å². The fourth-order valence-electron chi connectivity index (χ4n) is 4.75. The minimum absolute atomic E-state index is 1.18. The molecular formula is C30H22BN. The van der Waals surface area contributed by atoms with Crippen molar-refractivity contribution >= 4 is 35.1 Å². The summed E-state index contributed by atoms with van der Waals surface area (Å²) in [5, 5.41) is 2.58. The third kappa shape index (κ3) is 3.12. The summed E-state index contributed by atoms with van der Waals surface area (Å²) < 4.78 is 2.36. The van der Waals surface area contributed by atoms with Gasteiger partial charge in [0, 0.05) is 16.5 Å². The summed E-state index contributed by atoms with van der Waals surface area (Å²) in [6.45, 7) is 0. The van der Waals surface area contributed by atoms with E-state index >= 15 is 0 Å².